The molecule has 1 aromatic carbocycles. The van der Waals surface area contributed by atoms with Crippen molar-refractivity contribution in [1.29, 1.82) is 0 Å². The summed E-state index contributed by atoms with van der Waals surface area (Å²) in [6.45, 7) is 4.75. The number of rotatable bonds is 1. The number of nitrogens with two attached hydrogens (primary N) is 1. The van der Waals surface area contributed by atoms with E-state index >= 15 is 0 Å². The zero-order valence-electron chi connectivity index (χ0n) is 15.1. The lowest BCUT2D eigenvalue weighted by molar-refractivity contribution is -0.192. The number of anilines is 2. The van der Waals surface area contributed by atoms with E-state index in [0.717, 1.165) is 36.4 Å². The molecule has 1 aliphatic rings. The Morgan fingerprint density at radius 1 is 1.41 bits per heavy atom. The molecule has 0 amide bonds. The molecule has 1 aliphatic heterocycles. The number of piperazine rings is 1. The average Bonchev–Trinajstić information content (AvgIpc) is 2.98. The molecular formula is C17H17ClF3N5O3. The van der Waals surface area contributed by atoms with E-state index in [4.69, 9.17) is 31.7 Å². The number of alkyl halides is 3. The van der Waals surface area contributed by atoms with E-state index in [1.165, 1.54) is 0 Å². The highest BCUT2D eigenvalue weighted by molar-refractivity contribution is 6.31. The molecule has 4 N–H and O–H groups in total. The van der Waals surface area contributed by atoms with Crippen molar-refractivity contribution in [1.82, 2.24) is 15.3 Å². The van der Waals surface area contributed by atoms with Crippen LogP contribution in [0.1, 0.15) is 6.92 Å². The molecule has 8 nitrogen and oxygen atoms in total. The van der Waals surface area contributed by atoms with Gasteiger partial charge in [-0.25, -0.2) is 9.78 Å². The van der Waals surface area contributed by atoms with Crippen molar-refractivity contribution in [3.8, 4) is 0 Å². The highest BCUT2D eigenvalue weighted by Crippen LogP contribution is 2.35. The molecule has 0 radical (unpaired) electrons. The van der Waals surface area contributed by atoms with E-state index in [-0.39, 0.29) is 5.95 Å². The molecule has 1 saturated heterocycles. The Bertz CT molecular complexity index is 1060. The van der Waals surface area contributed by atoms with Crippen LogP contribution in [0.25, 0.3) is 22.1 Å². The molecule has 0 bridgehead atoms. The normalized spacial score (nSPS) is 17.3. The van der Waals surface area contributed by atoms with Crippen molar-refractivity contribution in [2.24, 2.45) is 0 Å². The number of fused-ring (bicyclic) bond motifs is 3. The highest BCUT2D eigenvalue weighted by Gasteiger charge is 2.38. The fourth-order valence-electron chi connectivity index (χ4n) is 2.96. The number of carboxylic acids is 1. The lowest BCUT2D eigenvalue weighted by Crippen LogP contribution is -2.49. The maximum atomic E-state index is 10.6. The van der Waals surface area contributed by atoms with Crippen LogP contribution in [-0.4, -0.2) is 52.9 Å². The maximum Gasteiger partial charge on any atom is 0.490 e. The minimum atomic E-state index is -5.08. The van der Waals surface area contributed by atoms with Gasteiger partial charge in [-0.2, -0.15) is 18.2 Å². The van der Waals surface area contributed by atoms with Gasteiger partial charge in [0.15, 0.2) is 11.4 Å². The fourth-order valence-corrected chi connectivity index (χ4v) is 3.13. The predicted octanol–water partition coefficient (Wildman–Crippen LogP) is 3.04. The van der Waals surface area contributed by atoms with Crippen LogP contribution < -0.4 is 16.0 Å². The number of aromatic nitrogens is 2. The van der Waals surface area contributed by atoms with Crippen molar-refractivity contribution >= 4 is 51.4 Å². The van der Waals surface area contributed by atoms with Crippen LogP contribution in [0.5, 0.6) is 0 Å². The first kappa shape index (κ1) is 20.9. The van der Waals surface area contributed by atoms with E-state index < -0.39 is 12.1 Å². The van der Waals surface area contributed by atoms with Crippen LogP contribution in [0.2, 0.25) is 5.02 Å². The number of aliphatic carboxylic acids is 1. The number of carboxylic acid groups (broad SMARTS) is 1. The summed E-state index contributed by atoms with van der Waals surface area (Å²) in [6.07, 6.45) is -5.08. The summed E-state index contributed by atoms with van der Waals surface area (Å²) in [5.41, 5.74) is 8.04. The van der Waals surface area contributed by atoms with Crippen LogP contribution in [0.3, 0.4) is 0 Å². The van der Waals surface area contributed by atoms with E-state index in [1.54, 1.807) is 6.07 Å². The van der Waals surface area contributed by atoms with Gasteiger partial charge in [0.2, 0.25) is 5.95 Å². The van der Waals surface area contributed by atoms with Crippen LogP contribution in [-0.2, 0) is 4.79 Å². The number of furan rings is 1. The van der Waals surface area contributed by atoms with Gasteiger partial charge in [0.1, 0.15) is 11.1 Å². The van der Waals surface area contributed by atoms with Gasteiger partial charge in [-0.05, 0) is 25.1 Å². The minimum absolute atomic E-state index is 0.247. The monoisotopic (exact) mass is 431 g/mol. The smallest absolute Gasteiger partial charge is 0.475 e. The molecule has 12 heteroatoms. The summed E-state index contributed by atoms with van der Waals surface area (Å²) in [5.74, 6) is -1.76. The molecule has 0 spiro atoms. The maximum absolute atomic E-state index is 10.6. The lowest BCUT2D eigenvalue weighted by Gasteiger charge is -2.32. The van der Waals surface area contributed by atoms with Crippen molar-refractivity contribution in [2.45, 2.75) is 19.1 Å². The standard InChI is InChI=1S/C15H16ClN5O.C2HF3O2/c1-8-7-21(5-4-18-8)14-13-12(19-15(17)20-14)10-6-9(16)2-3-11(10)22-13;3-2(4,5)1(6)7/h2-3,6,8,18H,4-5,7H2,1H3,(H2,17,19,20);(H,6,7)/t8-;/m0./s1. The number of hydrogen-bond acceptors (Lipinski definition) is 7. The second-order valence-electron chi connectivity index (χ2n) is 6.43. The Hall–Kier alpha value is -2.79. The van der Waals surface area contributed by atoms with Crippen LogP contribution >= 0.6 is 11.6 Å². The molecule has 29 heavy (non-hydrogen) atoms. The molecule has 3 aromatic rings. The molecular weight excluding hydrogens is 415 g/mol. The van der Waals surface area contributed by atoms with Crippen LogP contribution in [0.4, 0.5) is 24.9 Å². The first-order valence-electron chi connectivity index (χ1n) is 8.50. The quantitative estimate of drug-likeness (QED) is 0.538. The van der Waals surface area contributed by atoms with Gasteiger partial charge in [-0.1, -0.05) is 11.6 Å². The first-order valence-corrected chi connectivity index (χ1v) is 8.87. The molecule has 156 valence electrons. The molecule has 4 rings (SSSR count). The van der Waals surface area contributed by atoms with Gasteiger partial charge < -0.3 is 25.5 Å². The lowest BCUT2D eigenvalue weighted by atomic mass is 10.2. The molecule has 0 aliphatic carbocycles. The van der Waals surface area contributed by atoms with E-state index in [0.29, 0.717) is 22.2 Å². The number of hydrogen-bond donors (Lipinski definition) is 3. The van der Waals surface area contributed by atoms with Gasteiger partial charge >= 0.3 is 12.1 Å². The summed E-state index contributed by atoms with van der Waals surface area (Å²) in [4.78, 5) is 19.8. The molecule has 0 unspecified atom stereocenters. The molecule has 2 aromatic heterocycles. The Balaban J connectivity index is 0.000000298. The van der Waals surface area contributed by atoms with Crippen molar-refractivity contribution in [2.75, 3.05) is 30.3 Å². The zero-order chi connectivity index (χ0) is 21.3. The Morgan fingerprint density at radius 2 is 2.10 bits per heavy atom. The first-order chi connectivity index (χ1) is 13.6. The molecule has 3 heterocycles. The number of carbonyl (C=O) groups is 1. The Morgan fingerprint density at radius 3 is 2.72 bits per heavy atom. The van der Waals surface area contributed by atoms with E-state index in [9.17, 15) is 13.2 Å². The van der Waals surface area contributed by atoms with Gasteiger partial charge in [0, 0.05) is 36.1 Å². The third kappa shape index (κ3) is 4.62. The van der Waals surface area contributed by atoms with Gasteiger partial charge in [-0.15, -0.1) is 0 Å². The minimum Gasteiger partial charge on any atom is -0.475 e. The summed E-state index contributed by atoms with van der Waals surface area (Å²) < 4.78 is 37.7. The van der Waals surface area contributed by atoms with Crippen LogP contribution in [0.15, 0.2) is 22.6 Å². The topological polar surface area (TPSA) is 118 Å². The van der Waals surface area contributed by atoms with E-state index in [2.05, 4.69) is 27.1 Å². The Labute approximate surface area is 167 Å². The SMILES string of the molecule is C[C@H]1CN(c2nc(N)nc3c2oc2ccc(Cl)cc23)CCN1.O=C(O)C(F)(F)F. The van der Waals surface area contributed by atoms with Crippen molar-refractivity contribution in [3.63, 3.8) is 0 Å². The zero-order valence-corrected chi connectivity index (χ0v) is 15.9. The summed E-state index contributed by atoms with van der Waals surface area (Å²) in [5, 5.41) is 12.0. The number of nitrogen functional groups attached to an aromatic ring is 1. The summed E-state index contributed by atoms with van der Waals surface area (Å²) in [7, 11) is 0. The highest BCUT2D eigenvalue weighted by atomic mass is 35.5. The van der Waals surface area contributed by atoms with E-state index in [1.807, 2.05) is 12.1 Å². The second kappa shape index (κ2) is 7.91. The van der Waals surface area contributed by atoms with Gasteiger partial charge in [0.05, 0.1) is 0 Å². The van der Waals surface area contributed by atoms with Crippen LogP contribution in [0, 0.1) is 0 Å². The number of nitrogens with zero attached hydrogens (tertiary/aromatic N) is 3. The molecule has 1 fully saturated rings. The molecule has 1 atom stereocenters. The average molecular weight is 432 g/mol. The summed E-state index contributed by atoms with van der Waals surface area (Å²) in [6, 6.07) is 5.88. The summed E-state index contributed by atoms with van der Waals surface area (Å²) >= 11 is 6.09. The second-order valence-corrected chi connectivity index (χ2v) is 6.87. The van der Waals surface area contributed by atoms with Gasteiger partial charge in [-0.3, -0.25) is 0 Å². The number of halogens is 4. The van der Waals surface area contributed by atoms with Crippen molar-refractivity contribution < 1.29 is 27.5 Å². The van der Waals surface area contributed by atoms with Crippen molar-refractivity contribution in [3.05, 3.63) is 23.2 Å². The predicted molar refractivity (Wildman–Crippen MR) is 102 cm³/mol. The largest absolute Gasteiger partial charge is 0.490 e. The Kier molecular flexibility index (Phi) is 5.71. The van der Waals surface area contributed by atoms with Gasteiger partial charge in [0.25, 0.3) is 0 Å². The third-order valence-corrected chi connectivity index (χ3v) is 4.42. The molecule has 0 saturated carbocycles. The fraction of sp³-hybridized carbons (Fsp3) is 0.353. The third-order valence-electron chi connectivity index (χ3n) is 4.18. The number of nitrogens with one attached hydrogen (secondary N) is 1. The number of benzene rings is 1.